The summed E-state index contributed by atoms with van der Waals surface area (Å²) in [5.74, 6) is 0.741. The fraction of sp³-hybridized carbons (Fsp3) is 0.100. The lowest BCUT2D eigenvalue weighted by molar-refractivity contribution is -0.0460. The van der Waals surface area contributed by atoms with Gasteiger partial charge < -0.3 is 14.9 Å². The van der Waals surface area contributed by atoms with Gasteiger partial charge >= 0.3 is 0 Å². The number of aliphatic hydroxyl groups is 2. The van der Waals surface area contributed by atoms with Crippen LogP contribution in [-0.4, -0.2) is 25.2 Å². The third kappa shape index (κ3) is 2.50. The molecule has 82 valence electrons. The molecule has 2 aromatic rings. The van der Waals surface area contributed by atoms with Crippen molar-refractivity contribution in [3.63, 3.8) is 0 Å². The van der Waals surface area contributed by atoms with E-state index >= 15 is 0 Å². The molecule has 0 atom stereocenters. The highest BCUT2D eigenvalue weighted by molar-refractivity contribution is 5.24. The predicted molar refractivity (Wildman–Crippen MR) is 53.5 cm³/mol. The van der Waals surface area contributed by atoms with Crippen molar-refractivity contribution in [3.05, 3.63) is 42.6 Å². The molecule has 0 radical (unpaired) electrons. The van der Waals surface area contributed by atoms with Gasteiger partial charge in [-0.25, -0.2) is 9.97 Å². The van der Waals surface area contributed by atoms with Crippen LogP contribution in [0, 0.1) is 0 Å². The van der Waals surface area contributed by atoms with Crippen LogP contribution in [0.1, 0.15) is 12.0 Å². The lowest BCUT2D eigenvalue weighted by Crippen LogP contribution is -2.00. The van der Waals surface area contributed by atoms with Crippen molar-refractivity contribution < 1.29 is 14.9 Å². The van der Waals surface area contributed by atoms with Crippen LogP contribution in [0.15, 0.2) is 36.9 Å². The molecular formula is C10H9N3O3. The van der Waals surface area contributed by atoms with Crippen molar-refractivity contribution >= 4 is 0 Å². The zero-order valence-electron chi connectivity index (χ0n) is 8.19. The van der Waals surface area contributed by atoms with Crippen LogP contribution in [0.25, 0.3) is 0 Å². The summed E-state index contributed by atoms with van der Waals surface area (Å²) in [5, 5.41) is 17.8. The molecule has 6 heteroatoms. The fourth-order valence-corrected chi connectivity index (χ4v) is 1.08. The molecule has 16 heavy (non-hydrogen) atoms. The van der Waals surface area contributed by atoms with Crippen LogP contribution in [0.3, 0.4) is 0 Å². The van der Waals surface area contributed by atoms with Gasteiger partial charge in [-0.05, 0) is 12.1 Å². The normalized spacial score (nSPS) is 10.4. The van der Waals surface area contributed by atoms with E-state index in [-0.39, 0.29) is 11.6 Å². The topological polar surface area (TPSA) is 88.4 Å². The third-order valence-corrected chi connectivity index (χ3v) is 1.78. The van der Waals surface area contributed by atoms with Gasteiger partial charge in [-0.2, -0.15) is 0 Å². The van der Waals surface area contributed by atoms with Gasteiger partial charge in [-0.15, -0.1) is 0 Å². The highest BCUT2D eigenvalue weighted by atomic mass is 16.5. The van der Waals surface area contributed by atoms with Gasteiger partial charge in [-0.3, -0.25) is 4.98 Å². The molecule has 0 spiro atoms. The predicted octanol–water partition coefficient (Wildman–Crippen LogP) is 0.647. The van der Waals surface area contributed by atoms with E-state index in [1.807, 2.05) is 0 Å². The van der Waals surface area contributed by atoms with E-state index < -0.39 is 6.29 Å². The Bertz CT molecular complexity index is 462. The first-order valence-corrected chi connectivity index (χ1v) is 4.51. The third-order valence-electron chi connectivity index (χ3n) is 1.78. The molecule has 0 aliphatic carbocycles. The first kappa shape index (κ1) is 10.5. The van der Waals surface area contributed by atoms with Crippen LogP contribution in [0.4, 0.5) is 0 Å². The lowest BCUT2D eigenvalue weighted by Gasteiger charge is -2.06. The minimum absolute atomic E-state index is 0.0777. The molecule has 0 aromatic carbocycles. The maximum atomic E-state index is 8.91. The largest absolute Gasteiger partial charge is 0.437 e. The van der Waals surface area contributed by atoms with Crippen LogP contribution >= 0.6 is 0 Å². The highest BCUT2D eigenvalue weighted by Gasteiger charge is 2.07. The van der Waals surface area contributed by atoms with Crippen LogP contribution in [0.5, 0.6) is 11.6 Å². The Morgan fingerprint density at radius 1 is 1.25 bits per heavy atom. The summed E-state index contributed by atoms with van der Waals surface area (Å²) in [7, 11) is 0. The Morgan fingerprint density at radius 2 is 2.12 bits per heavy atom. The van der Waals surface area contributed by atoms with Crippen molar-refractivity contribution in [2.45, 2.75) is 6.29 Å². The molecule has 6 nitrogen and oxygen atoms in total. The first-order valence-electron chi connectivity index (χ1n) is 4.51. The molecule has 2 rings (SSSR count). The van der Waals surface area contributed by atoms with Gasteiger partial charge in [0.1, 0.15) is 17.8 Å². The minimum Gasteiger partial charge on any atom is -0.437 e. The Morgan fingerprint density at radius 3 is 2.81 bits per heavy atom. The van der Waals surface area contributed by atoms with Gasteiger partial charge in [-0.1, -0.05) is 0 Å². The SMILES string of the molecule is OC(O)c1cc(Oc2cccnc2)ncn1. The second kappa shape index (κ2) is 4.65. The summed E-state index contributed by atoms with van der Waals surface area (Å²) < 4.78 is 5.33. The molecule has 0 fully saturated rings. The van der Waals surface area contributed by atoms with E-state index in [4.69, 9.17) is 14.9 Å². The average molecular weight is 219 g/mol. The van der Waals surface area contributed by atoms with Crippen LogP contribution < -0.4 is 4.74 Å². The molecular weight excluding hydrogens is 210 g/mol. The Kier molecular flexibility index (Phi) is 3.04. The summed E-state index contributed by atoms with van der Waals surface area (Å²) in [5.41, 5.74) is 0.0777. The van der Waals surface area contributed by atoms with Gasteiger partial charge in [0.25, 0.3) is 0 Å². The Hall–Kier alpha value is -2.05. The molecule has 0 saturated carbocycles. The second-order valence-electron chi connectivity index (χ2n) is 2.95. The number of hydrogen-bond acceptors (Lipinski definition) is 6. The number of pyridine rings is 1. The minimum atomic E-state index is -1.64. The van der Waals surface area contributed by atoms with E-state index in [0.29, 0.717) is 5.75 Å². The van der Waals surface area contributed by atoms with E-state index in [2.05, 4.69) is 15.0 Å². The molecule has 2 aromatic heterocycles. The second-order valence-corrected chi connectivity index (χ2v) is 2.95. The van der Waals surface area contributed by atoms with Crippen molar-refractivity contribution in [3.8, 4) is 11.6 Å². The Balaban J connectivity index is 2.19. The molecule has 0 aliphatic heterocycles. The number of aliphatic hydroxyl groups excluding tert-OH is 1. The van der Waals surface area contributed by atoms with Gasteiger partial charge in [0.15, 0.2) is 6.29 Å². The number of hydrogen-bond donors (Lipinski definition) is 2. The summed E-state index contributed by atoms with van der Waals surface area (Å²) in [6.07, 6.45) is 2.70. The van der Waals surface area contributed by atoms with Crippen molar-refractivity contribution in [2.24, 2.45) is 0 Å². The molecule has 0 aliphatic rings. The number of nitrogens with zero attached hydrogens (tertiary/aromatic N) is 3. The zero-order valence-corrected chi connectivity index (χ0v) is 8.19. The maximum Gasteiger partial charge on any atom is 0.222 e. The molecule has 0 bridgehead atoms. The molecule has 2 N–H and O–H groups in total. The fourth-order valence-electron chi connectivity index (χ4n) is 1.08. The average Bonchev–Trinajstić information content (AvgIpc) is 2.30. The number of aromatic nitrogens is 3. The summed E-state index contributed by atoms with van der Waals surface area (Å²) >= 11 is 0. The molecule has 0 saturated heterocycles. The smallest absolute Gasteiger partial charge is 0.222 e. The lowest BCUT2D eigenvalue weighted by atomic mass is 10.4. The van der Waals surface area contributed by atoms with Crippen molar-refractivity contribution in [1.29, 1.82) is 0 Å². The highest BCUT2D eigenvalue weighted by Crippen LogP contribution is 2.19. The standard InChI is InChI=1S/C10H9N3O3/c14-10(15)8-4-9(13-6-12-8)16-7-2-1-3-11-5-7/h1-6,10,14-15H. The Labute approximate surface area is 91.2 Å². The van der Waals surface area contributed by atoms with Gasteiger partial charge in [0.2, 0.25) is 5.88 Å². The quantitative estimate of drug-likeness (QED) is 0.737. The van der Waals surface area contributed by atoms with E-state index in [1.165, 1.54) is 18.6 Å². The summed E-state index contributed by atoms with van der Waals surface area (Å²) in [4.78, 5) is 11.4. The number of ether oxygens (including phenoxy) is 1. The number of rotatable bonds is 3. The van der Waals surface area contributed by atoms with E-state index in [9.17, 15) is 0 Å². The van der Waals surface area contributed by atoms with E-state index in [0.717, 1.165) is 0 Å². The monoisotopic (exact) mass is 219 g/mol. The maximum absolute atomic E-state index is 8.91. The van der Waals surface area contributed by atoms with Crippen LogP contribution in [-0.2, 0) is 0 Å². The summed E-state index contributed by atoms with van der Waals surface area (Å²) in [6.45, 7) is 0. The molecule has 0 unspecified atom stereocenters. The van der Waals surface area contributed by atoms with Gasteiger partial charge in [0.05, 0.1) is 6.20 Å². The van der Waals surface area contributed by atoms with Crippen molar-refractivity contribution in [1.82, 2.24) is 15.0 Å². The molecule has 2 heterocycles. The summed E-state index contributed by atoms with van der Waals surface area (Å²) in [6, 6.07) is 4.78. The van der Waals surface area contributed by atoms with Crippen LogP contribution in [0.2, 0.25) is 0 Å². The van der Waals surface area contributed by atoms with E-state index in [1.54, 1.807) is 18.3 Å². The van der Waals surface area contributed by atoms with Crippen molar-refractivity contribution in [2.75, 3.05) is 0 Å². The molecule has 0 amide bonds. The zero-order chi connectivity index (χ0) is 11.4. The van der Waals surface area contributed by atoms with Gasteiger partial charge in [0, 0.05) is 12.3 Å². The first-order chi connectivity index (χ1) is 7.75.